The standard InChI is InChI=1S/C12H26N2O/c1-11(5-7-13)4-3-8-14-12(2)6-9-15-10-12/h11,14H,3-10,13H2,1-2H3. The smallest absolute Gasteiger partial charge is 0.0646 e. The lowest BCUT2D eigenvalue weighted by Crippen LogP contribution is -2.43. The first-order valence-corrected chi connectivity index (χ1v) is 6.19. The highest BCUT2D eigenvalue weighted by atomic mass is 16.5. The Kier molecular flexibility index (Phi) is 5.58. The summed E-state index contributed by atoms with van der Waals surface area (Å²) in [6.07, 6.45) is 4.82. The van der Waals surface area contributed by atoms with Gasteiger partial charge in [0.25, 0.3) is 0 Å². The average molecular weight is 214 g/mol. The molecule has 0 bridgehead atoms. The second-order valence-corrected chi connectivity index (χ2v) is 5.11. The molecular weight excluding hydrogens is 188 g/mol. The van der Waals surface area contributed by atoms with Crippen LogP contribution in [0.25, 0.3) is 0 Å². The minimum absolute atomic E-state index is 0.233. The molecule has 1 saturated heterocycles. The van der Waals surface area contributed by atoms with Gasteiger partial charge in [0.2, 0.25) is 0 Å². The monoisotopic (exact) mass is 214 g/mol. The molecule has 1 fully saturated rings. The van der Waals surface area contributed by atoms with Crippen molar-refractivity contribution in [1.82, 2.24) is 5.32 Å². The van der Waals surface area contributed by atoms with Gasteiger partial charge in [0.1, 0.15) is 0 Å². The van der Waals surface area contributed by atoms with Gasteiger partial charge in [-0.25, -0.2) is 0 Å². The third-order valence-electron chi connectivity index (χ3n) is 3.30. The fraction of sp³-hybridized carbons (Fsp3) is 1.00. The molecule has 2 unspecified atom stereocenters. The van der Waals surface area contributed by atoms with Crippen LogP contribution in [0.2, 0.25) is 0 Å². The van der Waals surface area contributed by atoms with E-state index in [1.54, 1.807) is 0 Å². The number of nitrogens with two attached hydrogens (primary N) is 1. The molecule has 1 heterocycles. The van der Waals surface area contributed by atoms with E-state index in [0.29, 0.717) is 0 Å². The molecule has 0 aromatic heterocycles. The third-order valence-corrected chi connectivity index (χ3v) is 3.30. The Bertz CT molecular complexity index is 167. The molecular formula is C12H26N2O. The van der Waals surface area contributed by atoms with Gasteiger partial charge in [-0.2, -0.15) is 0 Å². The maximum Gasteiger partial charge on any atom is 0.0646 e. The van der Waals surface area contributed by atoms with Crippen LogP contribution < -0.4 is 11.1 Å². The summed E-state index contributed by atoms with van der Waals surface area (Å²) in [5, 5.41) is 3.60. The highest BCUT2D eigenvalue weighted by Crippen LogP contribution is 2.17. The maximum atomic E-state index is 5.52. The van der Waals surface area contributed by atoms with Gasteiger partial charge in [0.15, 0.2) is 0 Å². The van der Waals surface area contributed by atoms with Crippen molar-refractivity contribution in [3.63, 3.8) is 0 Å². The number of nitrogens with one attached hydrogen (secondary N) is 1. The molecule has 1 aliphatic heterocycles. The number of rotatable bonds is 7. The predicted molar refractivity (Wildman–Crippen MR) is 63.9 cm³/mol. The molecule has 3 N–H and O–H groups in total. The Morgan fingerprint density at radius 1 is 1.47 bits per heavy atom. The number of hydrogen-bond donors (Lipinski definition) is 2. The summed E-state index contributed by atoms with van der Waals surface area (Å²) in [5.41, 5.74) is 5.76. The van der Waals surface area contributed by atoms with E-state index in [4.69, 9.17) is 10.5 Å². The number of ether oxygens (including phenoxy) is 1. The van der Waals surface area contributed by atoms with E-state index in [-0.39, 0.29) is 5.54 Å². The van der Waals surface area contributed by atoms with Crippen molar-refractivity contribution in [2.24, 2.45) is 11.7 Å². The van der Waals surface area contributed by atoms with E-state index in [2.05, 4.69) is 19.2 Å². The molecule has 2 atom stereocenters. The van der Waals surface area contributed by atoms with Crippen LogP contribution in [-0.2, 0) is 4.74 Å². The van der Waals surface area contributed by atoms with Crippen LogP contribution in [0.4, 0.5) is 0 Å². The van der Waals surface area contributed by atoms with Gasteiger partial charge in [-0.3, -0.25) is 0 Å². The zero-order chi connectivity index (χ0) is 11.1. The van der Waals surface area contributed by atoms with Crippen LogP contribution >= 0.6 is 0 Å². The summed E-state index contributed by atoms with van der Waals surface area (Å²) in [7, 11) is 0. The summed E-state index contributed by atoms with van der Waals surface area (Å²) >= 11 is 0. The van der Waals surface area contributed by atoms with Gasteiger partial charge in [0.05, 0.1) is 6.61 Å². The first kappa shape index (κ1) is 12.9. The molecule has 90 valence electrons. The minimum atomic E-state index is 0.233. The summed E-state index contributed by atoms with van der Waals surface area (Å²) in [6.45, 7) is 8.24. The van der Waals surface area contributed by atoms with Crippen molar-refractivity contribution in [3.8, 4) is 0 Å². The Labute approximate surface area is 93.8 Å². The van der Waals surface area contributed by atoms with Crippen molar-refractivity contribution in [1.29, 1.82) is 0 Å². The predicted octanol–water partition coefficient (Wildman–Crippen LogP) is 1.52. The van der Waals surface area contributed by atoms with Crippen molar-refractivity contribution in [2.45, 2.75) is 45.1 Å². The zero-order valence-corrected chi connectivity index (χ0v) is 10.2. The van der Waals surface area contributed by atoms with E-state index in [1.165, 1.54) is 12.8 Å². The Morgan fingerprint density at radius 2 is 2.27 bits per heavy atom. The first-order valence-electron chi connectivity index (χ1n) is 6.19. The van der Waals surface area contributed by atoms with Crippen LogP contribution in [0, 0.1) is 5.92 Å². The zero-order valence-electron chi connectivity index (χ0n) is 10.2. The van der Waals surface area contributed by atoms with E-state index < -0.39 is 0 Å². The second kappa shape index (κ2) is 6.46. The molecule has 1 aliphatic rings. The van der Waals surface area contributed by atoms with Crippen molar-refractivity contribution < 1.29 is 4.74 Å². The van der Waals surface area contributed by atoms with Gasteiger partial charge < -0.3 is 15.8 Å². The normalized spacial score (nSPS) is 28.2. The molecule has 0 amide bonds. The first-order chi connectivity index (χ1) is 7.16. The van der Waals surface area contributed by atoms with E-state index in [0.717, 1.165) is 45.1 Å². The SMILES string of the molecule is CC(CCN)CCCNC1(C)CCOC1. The molecule has 15 heavy (non-hydrogen) atoms. The summed E-state index contributed by atoms with van der Waals surface area (Å²) < 4.78 is 5.40. The third kappa shape index (κ3) is 4.96. The average Bonchev–Trinajstić information content (AvgIpc) is 2.61. The maximum absolute atomic E-state index is 5.52. The van der Waals surface area contributed by atoms with Crippen LogP contribution in [0.3, 0.4) is 0 Å². The van der Waals surface area contributed by atoms with Crippen LogP contribution in [0.5, 0.6) is 0 Å². The fourth-order valence-corrected chi connectivity index (χ4v) is 2.08. The Balaban J connectivity index is 2.01. The summed E-state index contributed by atoms with van der Waals surface area (Å²) in [4.78, 5) is 0. The van der Waals surface area contributed by atoms with E-state index in [1.807, 2.05) is 0 Å². The van der Waals surface area contributed by atoms with Gasteiger partial charge >= 0.3 is 0 Å². The molecule has 1 rings (SSSR count). The molecule has 0 aromatic rings. The molecule has 0 radical (unpaired) electrons. The van der Waals surface area contributed by atoms with Crippen molar-refractivity contribution in [3.05, 3.63) is 0 Å². The summed E-state index contributed by atoms with van der Waals surface area (Å²) in [6, 6.07) is 0. The van der Waals surface area contributed by atoms with Gasteiger partial charge in [-0.1, -0.05) is 6.92 Å². The Hall–Kier alpha value is -0.120. The van der Waals surface area contributed by atoms with Crippen molar-refractivity contribution >= 4 is 0 Å². The molecule has 0 aromatic carbocycles. The van der Waals surface area contributed by atoms with Crippen LogP contribution in [-0.4, -0.2) is 31.8 Å². The fourth-order valence-electron chi connectivity index (χ4n) is 2.08. The highest BCUT2D eigenvalue weighted by Gasteiger charge is 2.28. The van der Waals surface area contributed by atoms with Gasteiger partial charge in [-0.15, -0.1) is 0 Å². The van der Waals surface area contributed by atoms with Crippen LogP contribution in [0.15, 0.2) is 0 Å². The minimum Gasteiger partial charge on any atom is -0.379 e. The van der Waals surface area contributed by atoms with Crippen LogP contribution in [0.1, 0.15) is 39.5 Å². The molecule has 3 nitrogen and oxygen atoms in total. The lowest BCUT2D eigenvalue weighted by molar-refractivity contribution is 0.171. The summed E-state index contributed by atoms with van der Waals surface area (Å²) in [5.74, 6) is 0.768. The molecule has 0 saturated carbocycles. The van der Waals surface area contributed by atoms with E-state index in [9.17, 15) is 0 Å². The second-order valence-electron chi connectivity index (χ2n) is 5.11. The molecule has 0 spiro atoms. The van der Waals surface area contributed by atoms with E-state index >= 15 is 0 Å². The highest BCUT2D eigenvalue weighted by molar-refractivity contribution is 4.86. The largest absolute Gasteiger partial charge is 0.379 e. The molecule has 3 heteroatoms. The molecule has 0 aliphatic carbocycles. The Morgan fingerprint density at radius 3 is 2.87 bits per heavy atom. The van der Waals surface area contributed by atoms with Gasteiger partial charge in [-0.05, 0) is 51.6 Å². The topological polar surface area (TPSA) is 47.3 Å². The van der Waals surface area contributed by atoms with Crippen molar-refractivity contribution in [2.75, 3.05) is 26.3 Å². The lowest BCUT2D eigenvalue weighted by atomic mass is 9.99. The van der Waals surface area contributed by atoms with Gasteiger partial charge in [0, 0.05) is 12.1 Å². The quantitative estimate of drug-likeness (QED) is 0.632. The lowest BCUT2D eigenvalue weighted by Gasteiger charge is -2.23. The number of hydrogen-bond acceptors (Lipinski definition) is 3.